The van der Waals surface area contributed by atoms with Crippen molar-refractivity contribution >= 4 is 15.9 Å². The SMILES string of the molecule is CC(C)C[C@H](N)C(=O)NCCS(=O)(=O)N(C)C. The van der Waals surface area contributed by atoms with Crippen molar-refractivity contribution in [2.45, 2.75) is 26.3 Å². The molecule has 102 valence electrons. The van der Waals surface area contributed by atoms with E-state index in [9.17, 15) is 13.2 Å². The first-order chi connectivity index (χ1) is 7.66. The smallest absolute Gasteiger partial charge is 0.236 e. The van der Waals surface area contributed by atoms with Gasteiger partial charge in [0.1, 0.15) is 0 Å². The van der Waals surface area contributed by atoms with E-state index in [1.165, 1.54) is 14.1 Å². The summed E-state index contributed by atoms with van der Waals surface area (Å²) in [5.74, 6) is -0.0749. The first-order valence-corrected chi connectivity index (χ1v) is 7.21. The van der Waals surface area contributed by atoms with Crippen LogP contribution in [0.25, 0.3) is 0 Å². The number of hydrogen-bond donors (Lipinski definition) is 2. The van der Waals surface area contributed by atoms with Crippen molar-refractivity contribution in [2.75, 3.05) is 26.4 Å². The molecule has 0 unspecified atom stereocenters. The number of nitrogens with zero attached hydrogens (tertiary/aromatic N) is 1. The van der Waals surface area contributed by atoms with E-state index < -0.39 is 16.1 Å². The van der Waals surface area contributed by atoms with E-state index in [0.29, 0.717) is 12.3 Å². The highest BCUT2D eigenvalue weighted by atomic mass is 32.2. The lowest BCUT2D eigenvalue weighted by atomic mass is 10.0. The summed E-state index contributed by atoms with van der Waals surface area (Å²) in [5.41, 5.74) is 5.66. The fourth-order valence-corrected chi connectivity index (χ4v) is 1.96. The maximum atomic E-state index is 11.5. The number of carbonyl (C=O) groups is 1. The van der Waals surface area contributed by atoms with Crippen molar-refractivity contribution in [3.63, 3.8) is 0 Å². The summed E-state index contributed by atoms with van der Waals surface area (Å²) in [6.45, 7) is 4.04. The molecule has 17 heavy (non-hydrogen) atoms. The molecule has 0 radical (unpaired) electrons. The van der Waals surface area contributed by atoms with E-state index in [0.717, 1.165) is 4.31 Å². The topological polar surface area (TPSA) is 92.5 Å². The number of hydrogen-bond acceptors (Lipinski definition) is 4. The van der Waals surface area contributed by atoms with Gasteiger partial charge in [-0.25, -0.2) is 12.7 Å². The molecular formula is C10H23N3O3S. The van der Waals surface area contributed by atoms with Crippen molar-refractivity contribution in [3.05, 3.63) is 0 Å². The molecule has 0 saturated carbocycles. The molecule has 1 atom stereocenters. The highest BCUT2D eigenvalue weighted by Gasteiger charge is 2.17. The third kappa shape index (κ3) is 6.60. The molecule has 0 spiro atoms. The third-order valence-corrected chi connectivity index (χ3v) is 4.11. The number of nitrogens with one attached hydrogen (secondary N) is 1. The largest absolute Gasteiger partial charge is 0.354 e. The van der Waals surface area contributed by atoms with E-state index in [1.807, 2.05) is 13.8 Å². The minimum atomic E-state index is -3.26. The molecule has 0 aromatic carbocycles. The fourth-order valence-electron chi connectivity index (χ4n) is 1.23. The van der Waals surface area contributed by atoms with Gasteiger partial charge in [0, 0.05) is 20.6 Å². The van der Waals surface area contributed by atoms with Crippen LogP contribution in [0.3, 0.4) is 0 Å². The van der Waals surface area contributed by atoms with Crippen molar-refractivity contribution in [1.29, 1.82) is 0 Å². The highest BCUT2D eigenvalue weighted by Crippen LogP contribution is 2.02. The summed E-state index contributed by atoms with van der Waals surface area (Å²) in [5, 5.41) is 2.53. The molecule has 6 nitrogen and oxygen atoms in total. The molecule has 0 bridgehead atoms. The maximum absolute atomic E-state index is 11.5. The molecule has 0 fully saturated rings. The number of sulfonamides is 1. The van der Waals surface area contributed by atoms with Gasteiger partial charge >= 0.3 is 0 Å². The van der Waals surface area contributed by atoms with Gasteiger partial charge in [-0.3, -0.25) is 4.79 Å². The zero-order valence-corrected chi connectivity index (χ0v) is 11.8. The van der Waals surface area contributed by atoms with Crippen LogP contribution in [0.2, 0.25) is 0 Å². The number of nitrogens with two attached hydrogens (primary N) is 1. The van der Waals surface area contributed by atoms with Crippen LogP contribution in [0.5, 0.6) is 0 Å². The summed E-state index contributed by atoms with van der Waals surface area (Å²) in [7, 11) is -0.345. The quantitative estimate of drug-likeness (QED) is 0.641. The van der Waals surface area contributed by atoms with Crippen LogP contribution in [0.4, 0.5) is 0 Å². The first kappa shape index (κ1) is 16.3. The lowest BCUT2D eigenvalue weighted by Gasteiger charge is -2.15. The van der Waals surface area contributed by atoms with E-state index in [4.69, 9.17) is 5.73 Å². The fraction of sp³-hybridized carbons (Fsp3) is 0.900. The summed E-state index contributed by atoms with van der Waals surface area (Å²) in [6.07, 6.45) is 0.590. The molecule has 0 saturated heterocycles. The molecule has 0 aromatic heterocycles. The lowest BCUT2D eigenvalue weighted by Crippen LogP contribution is -2.43. The summed E-state index contributed by atoms with van der Waals surface area (Å²) >= 11 is 0. The predicted octanol–water partition coefficient (Wildman–Crippen LogP) is -0.633. The highest BCUT2D eigenvalue weighted by molar-refractivity contribution is 7.89. The molecule has 0 aliphatic heterocycles. The number of amides is 1. The Labute approximate surface area is 104 Å². The van der Waals surface area contributed by atoms with Gasteiger partial charge in [-0.1, -0.05) is 13.8 Å². The van der Waals surface area contributed by atoms with E-state index in [2.05, 4.69) is 5.32 Å². The zero-order chi connectivity index (χ0) is 13.6. The Hall–Kier alpha value is -0.660. The summed E-state index contributed by atoms with van der Waals surface area (Å²) in [6, 6.07) is -0.572. The van der Waals surface area contributed by atoms with Gasteiger partial charge in [-0.05, 0) is 12.3 Å². The average molecular weight is 265 g/mol. The normalized spacial score (nSPS) is 14.1. The van der Waals surface area contributed by atoms with Crippen LogP contribution in [0.15, 0.2) is 0 Å². The van der Waals surface area contributed by atoms with Crippen molar-refractivity contribution in [1.82, 2.24) is 9.62 Å². The summed E-state index contributed by atoms with van der Waals surface area (Å²) in [4.78, 5) is 11.5. The van der Waals surface area contributed by atoms with Gasteiger partial charge in [0.05, 0.1) is 11.8 Å². The molecule has 0 rings (SSSR count). The molecule has 0 aromatic rings. The number of carbonyl (C=O) groups excluding carboxylic acids is 1. The van der Waals surface area contributed by atoms with Gasteiger partial charge in [-0.2, -0.15) is 0 Å². The molecular weight excluding hydrogens is 242 g/mol. The minimum Gasteiger partial charge on any atom is -0.354 e. The maximum Gasteiger partial charge on any atom is 0.236 e. The molecule has 0 heterocycles. The second-order valence-corrected chi connectivity index (χ2v) is 6.93. The Kier molecular flexibility index (Phi) is 6.66. The van der Waals surface area contributed by atoms with E-state index >= 15 is 0 Å². The zero-order valence-electron chi connectivity index (χ0n) is 10.9. The second-order valence-electron chi connectivity index (χ2n) is 4.63. The minimum absolute atomic E-state index is 0.0884. The van der Waals surface area contributed by atoms with Crippen LogP contribution in [0.1, 0.15) is 20.3 Å². The third-order valence-electron chi connectivity index (χ3n) is 2.28. The van der Waals surface area contributed by atoms with Gasteiger partial charge in [0.15, 0.2) is 0 Å². The molecule has 7 heteroatoms. The Balaban J connectivity index is 4.02. The van der Waals surface area contributed by atoms with Crippen LogP contribution in [-0.2, 0) is 14.8 Å². The molecule has 3 N–H and O–H groups in total. The van der Waals surface area contributed by atoms with Gasteiger partial charge in [0.2, 0.25) is 15.9 Å². The summed E-state index contributed by atoms with van der Waals surface area (Å²) < 4.78 is 23.9. The Morgan fingerprint density at radius 1 is 1.35 bits per heavy atom. The monoisotopic (exact) mass is 265 g/mol. The Morgan fingerprint density at radius 3 is 2.29 bits per heavy atom. The van der Waals surface area contributed by atoms with Crippen molar-refractivity contribution in [3.8, 4) is 0 Å². The van der Waals surface area contributed by atoms with Crippen LogP contribution < -0.4 is 11.1 Å². The van der Waals surface area contributed by atoms with Crippen molar-refractivity contribution < 1.29 is 13.2 Å². The van der Waals surface area contributed by atoms with Gasteiger partial charge in [-0.15, -0.1) is 0 Å². The van der Waals surface area contributed by atoms with Crippen LogP contribution in [0, 0.1) is 5.92 Å². The van der Waals surface area contributed by atoms with Crippen LogP contribution >= 0.6 is 0 Å². The molecule has 0 aliphatic rings. The van der Waals surface area contributed by atoms with E-state index in [1.54, 1.807) is 0 Å². The van der Waals surface area contributed by atoms with Crippen LogP contribution in [-0.4, -0.2) is 51.1 Å². The van der Waals surface area contributed by atoms with Gasteiger partial charge < -0.3 is 11.1 Å². The Morgan fingerprint density at radius 2 is 1.88 bits per heavy atom. The second kappa shape index (κ2) is 6.93. The number of rotatable bonds is 7. The lowest BCUT2D eigenvalue weighted by molar-refractivity contribution is -0.122. The Bertz CT molecular complexity index is 339. The standard InChI is InChI=1S/C10H23N3O3S/c1-8(2)7-9(11)10(14)12-5-6-17(15,16)13(3)4/h8-9H,5-7,11H2,1-4H3,(H,12,14)/t9-/m0/s1. The molecule has 0 aliphatic carbocycles. The van der Waals surface area contributed by atoms with E-state index in [-0.39, 0.29) is 18.2 Å². The average Bonchev–Trinajstić information content (AvgIpc) is 2.15. The first-order valence-electron chi connectivity index (χ1n) is 5.60. The predicted molar refractivity (Wildman–Crippen MR) is 67.9 cm³/mol. The van der Waals surface area contributed by atoms with Crippen molar-refractivity contribution in [2.24, 2.45) is 11.7 Å². The molecule has 1 amide bonds. The van der Waals surface area contributed by atoms with Gasteiger partial charge in [0.25, 0.3) is 0 Å².